The van der Waals surface area contributed by atoms with Crippen LogP contribution in [0, 0.1) is 19.7 Å². The summed E-state index contributed by atoms with van der Waals surface area (Å²) in [6.07, 6.45) is 2.13. The summed E-state index contributed by atoms with van der Waals surface area (Å²) in [4.78, 5) is 4.20. The van der Waals surface area contributed by atoms with Gasteiger partial charge in [-0.05, 0) is 55.6 Å². The van der Waals surface area contributed by atoms with Crippen LogP contribution in [0.4, 0.5) is 4.39 Å². The molecule has 1 N–H and O–H groups in total. The van der Waals surface area contributed by atoms with Gasteiger partial charge in [0.1, 0.15) is 5.82 Å². The molecule has 0 fully saturated rings. The number of hydrogen-bond acceptors (Lipinski definition) is 2. The van der Waals surface area contributed by atoms with Crippen molar-refractivity contribution < 1.29 is 4.39 Å². The molecule has 2 rings (SSSR count). The maximum absolute atomic E-state index is 13.0. The third-order valence-corrected chi connectivity index (χ3v) is 3.57. The number of aromatic nitrogens is 1. The third-order valence-electron chi connectivity index (χ3n) is 3.57. The van der Waals surface area contributed by atoms with Gasteiger partial charge < -0.3 is 5.32 Å². The Morgan fingerprint density at radius 1 is 1.15 bits per heavy atom. The minimum atomic E-state index is -0.296. The maximum atomic E-state index is 13.0. The highest BCUT2D eigenvalue weighted by Gasteiger charge is 2.13. The minimum Gasteiger partial charge on any atom is -0.309 e. The van der Waals surface area contributed by atoms with Crippen molar-refractivity contribution in [2.75, 3.05) is 6.54 Å². The number of hydrogen-bond donors (Lipinski definition) is 1. The first kappa shape index (κ1) is 14.7. The number of aryl methyl sites for hydroxylation is 2. The highest BCUT2D eigenvalue weighted by Crippen LogP contribution is 2.19. The lowest BCUT2D eigenvalue weighted by Gasteiger charge is -2.18. The van der Waals surface area contributed by atoms with Crippen molar-refractivity contribution in [1.82, 2.24) is 10.3 Å². The van der Waals surface area contributed by atoms with Crippen LogP contribution in [0.25, 0.3) is 0 Å². The molecular weight excluding hydrogens is 251 g/mol. The lowest BCUT2D eigenvalue weighted by atomic mass is 9.99. The molecule has 1 heterocycles. The first-order chi connectivity index (χ1) is 9.60. The Balaban J connectivity index is 2.20. The fourth-order valence-electron chi connectivity index (χ4n) is 2.29. The number of benzene rings is 1. The number of nitrogens with zero attached hydrogens (tertiary/aromatic N) is 1. The molecule has 0 radical (unpaired) electrons. The second kappa shape index (κ2) is 6.62. The molecule has 1 aromatic carbocycles. The fourth-order valence-corrected chi connectivity index (χ4v) is 2.29. The maximum Gasteiger partial charge on any atom is 0.141 e. The van der Waals surface area contributed by atoms with E-state index >= 15 is 0 Å². The van der Waals surface area contributed by atoms with Crippen LogP contribution in [0.3, 0.4) is 0 Å². The molecule has 0 amide bonds. The van der Waals surface area contributed by atoms with Gasteiger partial charge in [-0.25, -0.2) is 4.39 Å². The highest BCUT2D eigenvalue weighted by molar-refractivity contribution is 5.31. The van der Waals surface area contributed by atoms with Crippen molar-refractivity contribution in [3.8, 4) is 0 Å². The summed E-state index contributed by atoms with van der Waals surface area (Å²) in [7, 11) is 0. The highest BCUT2D eigenvalue weighted by atomic mass is 19.1. The largest absolute Gasteiger partial charge is 0.309 e. The molecule has 1 atom stereocenters. The Hall–Kier alpha value is -1.74. The number of nitrogens with one attached hydrogen (secondary N) is 1. The van der Waals surface area contributed by atoms with Crippen LogP contribution in [0.15, 0.2) is 36.5 Å². The van der Waals surface area contributed by atoms with Gasteiger partial charge in [0.2, 0.25) is 0 Å². The first-order valence-corrected chi connectivity index (χ1v) is 7.01. The zero-order chi connectivity index (χ0) is 14.5. The van der Waals surface area contributed by atoms with Gasteiger partial charge in [0.15, 0.2) is 0 Å². The third kappa shape index (κ3) is 3.64. The predicted molar refractivity (Wildman–Crippen MR) is 80.2 cm³/mol. The second-order valence-corrected chi connectivity index (χ2v) is 5.13. The van der Waals surface area contributed by atoms with E-state index in [9.17, 15) is 4.39 Å². The van der Waals surface area contributed by atoms with Gasteiger partial charge in [0.05, 0.1) is 17.9 Å². The molecule has 0 aliphatic heterocycles. The van der Waals surface area contributed by atoms with Gasteiger partial charge >= 0.3 is 0 Å². The Morgan fingerprint density at radius 2 is 1.95 bits per heavy atom. The Morgan fingerprint density at radius 3 is 2.55 bits per heavy atom. The molecule has 3 heteroatoms. The summed E-state index contributed by atoms with van der Waals surface area (Å²) in [5, 5.41) is 3.42. The van der Waals surface area contributed by atoms with E-state index in [-0.39, 0.29) is 11.9 Å². The molecule has 1 aromatic heterocycles. The summed E-state index contributed by atoms with van der Waals surface area (Å²) >= 11 is 0. The molecule has 0 aliphatic rings. The Bertz CT molecular complexity index is 564. The van der Waals surface area contributed by atoms with E-state index < -0.39 is 0 Å². The van der Waals surface area contributed by atoms with Gasteiger partial charge in [0, 0.05) is 0 Å². The van der Waals surface area contributed by atoms with Crippen LogP contribution in [-0.4, -0.2) is 11.5 Å². The number of halogens is 1. The molecule has 0 aliphatic carbocycles. The van der Waals surface area contributed by atoms with Gasteiger partial charge in [-0.2, -0.15) is 0 Å². The summed E-state index contributed by atoms with van der Waals surface area (Å²) in [6.45, 7) is 7.16. The molecule has 106 valence electrons. The zero-order valence-electron chi connectivity index (χ0n) is 12.3. The van der Waals surface area contributed by atoms with E-state index in [1.165, 1.54) is 29.0 Å². The van der Waals surface area contributed by atoms with Crippen LogP contribution in [-0.2, 0) is 6.42 Å². The van der Waals surface area contributed by atoms with E-state index in [2.05, 4.69) is 49.3 Å². The number of rotatable bonds is 5. The lowest BCUT2D eigenvalue weighted by molar-refractivity contribution is 0.531. The van der Waals surface area contributed by atoms with Crippen LogP contribution in [0.5, 0.6) is 0 Å². The second-order valence-electron chi connectivity index (χ2n) is 5.13. The standard InChI is InChI=1S/C17H21FN2/c1-4-19-17(16-8-7-15(18)11-20-16)10-14-6-5-12(2)13(3)9-14/h5-9,11,17,19H,4,10H2,1-3H3. The monoisotopic (exact) mass is 272 g/mol. The average Bonchev–Trinajstić information content (AvgIpc) is 2.43. The van der Waals surface area contributed by atoms with Crippen molar-refractivity contribution in [1.29, 1.82) is 0 Å². The SMILES string of the molecule is CCNC(Cc1ccc(C)c(C)c1)c1ccc(F)cn1. The average molecular weight is 272 g/mol. The molecule has 0 saturated heterocycles. The number of pyridine rings is 1. The summed E-state index contributed by atoms with van der Waals surface area (Å²) in [6, 6.07) is 9.84. The summed E-state index contributed by atoms with van der Waals surface area (Å²) in [5.74, 6) is -0.296. The topological polar surface area (TPSA) is 24.9 Å². The summed E-state index contributed by atoms with van der Waals surface area (Å²) in [5.41, 5.74) is 4.75. The zero-order valence-corrected chi connectivity index (χ0v) is 12.3. The van der Waals surface area contributed by atoms with Crippen molar-refractivity contribution in [2.24, 2.45) is 0 Å². The molecule has 1 unspecified atom stereocenters. The quantitative estimate of drug-likeness (QED) is 0.897. The lowest BCUT2D eigenvalue weighted by Crippen LogP contribution is -2.24. The molecular formula is C17H21FN2. The molecule has 2 aromatic rings. The van der Waals surface area contributed by atoms with E-state index in [1.54, 1.807) is 6.07 Å². The molecule has 0 saturated carbocycles. The van der Waals surface area contributed by atoms with Crippen LogP contribution < -0.4 is 5.32 Å². The van der Waals surface area contributed by atoms with Crippen molar-refractivity contribution in [3.63, 3.8) is 0 Å². The van der Waals surface area contributed by atoms with E-state index in [4.69, 9.17) is 0 Å². The van der Waals surface area contributed by atoms with Gasteiger partial charge in [-0.3, -0.25) is 4.98 Å². The van der Waals surface area contributed by atoms with Crippen LogP contribution in [0.2, 0.25) is 0 Å². The van der Waals surface area contributed by atoms with E-state index in [0.29, 0.717) is 0 Å². The predicted octanol–water partition coefficient (Wildman–Crippen LogP) is 3.73. The fraction of sp³-hybridized carbons (Fsp3) is 0.353. The molecule has 0 bridgehead atoms. The van der Waals surface area contributed by atoms with Gasteiger partial charge in [-0.1, -0.05) is 25.1 Å². The Labute approximate surface area is 120 Å². The summed E-state index contributed by atoms with van der Waals surface area (Å²) < 4.78 is 13.0. The molecule has 0 spiro atoms. The van der Waals surface area contributed by atoms with Crippen molar-refractivity contribution in [3.05, 3.63) is 64.7 Å². The minimum absolute atomic E-state index is 0.114. The molecule has 2 nitrogen and oxygen atoms in total. The normalized spacial score (nSPS) is 12.4. The number of likely N-dealkylation sites (N-methyl/N-ethyl adjacent to an activating group) is 1. The van der Waals surface area contributed by atoms with E-state index in [0.717, 1.165) is 18.7 Å². The Kier molecular flexibility index (Phi) is 4.85. The van der Waals surface area contributed by atoms with Crippen LogP contribution in [0.1, 0.15) is 35.3 Å². The van der Waals surface area contributed by atoms with Gasteiger partial charge in [0.25, 0.3) is 0 Å². The van der Waals surface area contributed by atoms with E-state index in [1.807, 2.05) is 0 Å². The molecule has 20 heavy (non-hydrogen) atoms. The van der Waals surface area contributed by atoms with Crippen LogP contribution >= 0.6 is 0 Å². The van der Waals surface area contributed by atoms with Gasteiger partial charge in [-0.15, -0.1) is 0 Å². The van der Waals surface area contributed by atoms with Crippen molar-refractivity contribution >= 4 is 0 Å². The first-order valence-electron chi connectivity index (χ1n) is 7.01. The smallest absolute Gasteiger partial charge is 0.141 e. The van der Waals surface area contributed by atoms with Crippen molar-refractivity contribution in [2.45, 2.75) is 33.2 Å².